The Hall–Kier alpha value is -1.69. The zero-order chi connectivity index (χ0) is 15.9. The molecule has 1 aromatic rings. The molecule has 1 saturated heterocycles. The maximum absolute atomic E-state index is 12.3. The first kappa shape index (κ1) is 15.2. The van der Waals surface area contributed by atoms with Crippen molar-refractivity contribution in [1.29, 1.82) is 0 Å². The number of thiophene rings is 1. The monoisotopic (exact) mass is 320 g/mol. The van der Waals surface area contributed by atoms with Crippen LogP contribution in [-0.4, -0.2) is 22.7 Å². The SMILES string of the molecule is CC(C)c1cc(C(=O)NN2C(=O)C3CCCCC3C2=O)cs1. The van der Waals surface area contributed by atoms with Crippen LogP contribution in [-0.2, 0) is 9.59 Å². The summed E-state index contributed by atoms with van der Waals surface area (Å²) in [5.74, 6) is -1.01. The van der Waals surface area contributed by atoms with Crippen LogP contribution in [0.2, 0.25) is 0 Å². The minimum atomic E-state index is -0.386. The van der Waals surface area contributed by atoms with Crippen LogP contribution >= 0.6 is 11.3 Å². The van der Waals surface area contributed by atoms with Crippen LogP contribution in [0.15, 0.2) is 11.4 Å². The van der Waals surface area contributed by atoms with Crippen LogP contribution in [0.5, 0.6) is 0 Å². The van der Waals surface area contributed by atoms with E-state index in [4.69, 9.17) is 0 Å². The highest BCUT2D eigenvalue weighted by molar-refractivity contribution is 7.10. The molecule has 22 heavy (non-hydrogen) atoms. The minimum absolute atomic E-state index is 0.241. The second kappa shape index (κ2) is 5.83. The summed E-state index contributed by atoms with van der Waals surface area (Å²) >= 11 is 1.52. The number of nitrogens with zero attached hydrogens (tertiary/aromatic N) is 1. The Kier molecular flexibility index (Phi) is 4.04. The Labute approximate surface area is 133 Å². The van der Waals surface area contributed by atoms with Crippen molar-refractivity contribution in [1.82, 2.24) is 10.4 Å². The highest BCUT2D eigenvalue weighted by Gasteiger charge is 2.49. The van der Waals surface area contributed by atoms with E-state index in [1.54, 1.807) is 5.38 Å². The largest absolute Gasteiger partial charge is 0.272 e. The van der Waals surface area contributed by atoms with Gasteiger partial charge in [-0.15, -0.1) is 11.3 Å². The number of carbonyl (C=O) groups excluding carboxylic acids is 3. The molecule has 118 valence electrons. The molecule has 1 aromatic heterocycles. The summed E-state index contributed by atoms with van der Waals surface area (Å²) in [6.45, 7) is 4.12. The van der Waals surface area contributed by atoms with Gasteiger partial charge in [0.25, 0.3) is 17.7 Å². The third-order valence-corrected chi connectivity index (χ3v) is 5.74. The first-order valence-corrected chi connectivity index (χ1v) is 8.64. The summed E-state index contributed by atoms with van der Waals surface area (Å²) in [5.41, 5.74) is 3.01. The van der Waals surface area contributed by atoms with Crippen molar-refractivity contribution in [2.45, 2.75) is 45.4 Å². The molecule has 2 heterocycles. The summed E-state index contributed by atoms with van der Waals surface area (Å²) < 4.78 is 0. The maximum Gasteiger partial charge on any atom is 0.271 e. The summed E-state index contributed by atoms with van der Waals surface area (Å²) in [6, 6.07) is 1.82. The molecular weight excluding hydrogens is 300 g/mol. The van der Waals surface area contributed by atoms with Crippen molar-refractivity contribution in [2.24, 2.45) is 11.8 Å². The summed E-state index contributed by atoms with van der Waals surface area (Å²) in [4.78, 5) is 38.0. The first-order valence-electron chi connectivity index (χ1n) is 7.76. The Balaban J connectivity index is 1.73. The van der Waals surface area contributed by atoms with Gasteiger partial charge < -0.3 is 0 Å². The lowest BCUT2D eigenvalue weighted by molar-refractivity contribution is -0.142. The molecule has 2 fully saturated rings. The third kappa shape index (κ3) is 2.56. The van der Waals surface area contributed by atoms with Gasteiger partial charge in [0.2, 0.25) is 0 Å². The molecule has 3 amide bonds. The van der Waals surface area contributed by atoms with Gasteiger partial charge >= 0.3 is 0 Å². The Morgan fingerprint density at radius 3 is 2.32 bits per heavy atom. The molecule has 0 bridgehead atoms. The average Bonchev–Trinajstić information content (AvgIpc) is 3.08. The van der Waals surface area contributed by atoms with E-state index in [0.29, 0.717) is 11.5 Å². The number of rotatable bonds is 3. The van der Waals surface area contributed by atoms with Gasteiger partial charge in [0, 0.05) is 10.3 Å². The normalized spacial score (nSPS) is 24.8. The predicted molar refractivity (Wildman–Crippen MR) is 83.2 cm³/mol. The van der Waals surface area contributed by atoms with E-state index >= 15 is 0 Å². The number of fused-ring (bicyclic) bond motifs is 1. The first-order chi connectivity index (χ1) is 10.5. The van der Waals surface area contributed by atoms with Crippen molar-refractivity contribution in [3.8, 4) is 0 Å². The standard InChI is InChI=1S/C16H20N2O3S/c1-9(2)13-7-10(8-22-13)14(19)17-18-15(20)11-5-3-4-6-12(11)16(18)21/h7-9,11-12H,3-6H2,1-2H3,(H,17,19). The number of hydrogen-bond donors (Lipinski definition) is 1. The number of hydrazine groups is 1. The second-order valence-electron chi connectivity index (χ2n) is 6.34. The van der Waals surface area contributed by atoms with Gasteiger partial charge in [0.05, 0.1) is 17.4 Å². The van der Waals surface area contributed by atoms with Gasteiger partial charge in [-0.1, -0.05) is 26.7 Å². The lowest BCUT2D eigenvalue weighted by Gasteiger charge is -2.19. The molecule has 1 aliphatic heterocycles. The van der Waals surface area contributed by atoms with Gasteiger partial charge in [-0.2, -0.15) is 5.01 Å². The molecule has 5 nitrogen and oxygen atoms in total. The molecule has 2 unspecified atom stereocenters. The predicted octanol–water partition coefficient (Wildman–Crippen LogP) is 2.69. The molecular formula is C16H20N2O3S. The molecule has 0 aromatic carbocycles. The molecule has 1 aliphatic carbocycles. The summed E-state index contributed by atoms with van der Waals surface area (Å²) in [7, 11) is 0. The quantitative estimate of drug-likeness (QED) is 0.871. The van der Waals surface area contributed by atoms with Gasteiger partial charge in [-0.3, -0.25) is 19.8 Å². The van der Waals surface area contributed by atoms with E-state index in [2.05, 4.69) is 19.3 Å². The van der Waals surface area contributed by atoms with Gasteiger partial charge in [-0.25, -0.2) is 0 Å². The van der Waals surface area contributed by atoms with Crippen LogP contribution in [0, 0.1) is 11.8 Å². The zero-order valence-electron chi connectivity index (χ0n) is 12.8. The van der Waals surface area contributed by atoms with Gasteiger partial charge in [0.15, 0.2) is 0 Å². The number of nitrogens with one attached hydrogen (secondary N) is 1. The highest BCUT2D eigenvalue weighted by atomic mass is 32.1. The lowest BCUT2D eigenvalue weighted by Crippen LogP contribution is -2.46. The smallest absolute Gasteiger partial charge is 0.271 e. The van der Waals surface area contributed by atoms with E-state index in [9.17, 15) is 14.4 Å². The molecule has 1 N–H and O–H groups in total. The Morgan fingerprint density at radius 1 is 1.23 bits per heavy atom. The zero-order valence-corrected chi connectivity index (χ0v) is 13.6. The van der Waals surface area contributed by atoms with Gasteiger partial charge in [0.1, 0.15) is 0 Å². The maximum atomic E-state index is 12.3. The number of hydrogen-bond acceptors (Lipinski definition) is 4. The van der Waals surface area contributed by atoms with Crippen LogP contribution in [0.1, 0.15) is 60.7 Å². The Morgan fingerprint density at radius 2 is 1.82 bits per heavy atom. The Bertz CT molecular complexity index is 599. The van der Waals surface area contributed by atoms with E-state index in [0.717, 1.165) is 35.6 Å². The van der Waals surface area contributed by atoms with E-state index in [1.165, 1.54) is 11.3 Å². The van der Waals surface area contributed by atoms with Crippen molar-refractivity contribution < 1.29 is 14.4 Å². The fraction of sp³-hybridized carbons (Fsp3) is 0.562. The van der Waals surface area contributed by atoms with E-state index in [-0.39, 0.29) is 29.6 Å². The minimum Gasteiger partial charge on any atom is -0.272 e. The number of carbonyl (C=O) groups is 3. The number of imide groups is 1. The number of amides is 3. The molecule has 0 radical (unpaired) electrons. The molecule has 0 spiro atoms. The fourth-order valence-electron chi connectivity index (χ4n) is 3.21. The molecule has 1 saturated carbocycles. The van der Waals surface area contributed by atoms with Crippen molar-refractivity contribution in [3.63, 3.8) is 0 Å². The molecule has 6 heteroatoms. The molecule has 2 atom stereocenters. The van der Waals surface area contributed by atoms with E-state index < -0.39 is 0 Å². The van der Waals surface area contributed by atoms with Crippen LogP contribution in [0.4, 0.5) is 0 Å². The topological polar surface area (TPSA) is 66.5 Å². The third-order valence-electron chi connectivity index (χ3n) is 4.51. The summed E-state index contributed by atoms with van der Waals surface area (Å²) in [6.07, 6.45) is 3.45. The van der Waals surface area contributed by atoms with Crippen molar-refractivity contribution >= 4 is 29.1 Å². The average molecular weight is 320 g/mol. The van der Waals surface area contributed by atoms with Crippen molar-refractivity contribution in [3.05, 3.63) is 21.9 Å². The van der Waals surface area contributed by atoms with Crippen LogP contribution < -0.4 is 5.43 Å². The van der Waals surface area contributed by atoms with Crippen LogP contribution in [0.3, 0.4) is 0 Å². The van der Waals surface area contributed by atoms with Gasteiger partial charge in [-0.05, 0) is 24.8 Å². The van der Waals surface area contributed by atoms with E-state index in [1.807, 2.05) is 6.07 Å². The van der Waals surface area contributed by atoms with Crippen LogP contribution in [0.25, 0.3) is 0 Å². The molecule has 3 rings (SSSR count). The fourth-order valence-corrected chi connectivity index (χ4v) is 4.12. The highest BCUT2D eigenvalue weighted by Crippen LogP contribution is 2.37. The van der Waals surface area contributed by atoms with Crippen molar-refractivity contribution in [2.75, 3.05) is 0 Å². The molecule has 2 aliphatic rings. The lowest BCUT2D eigenvalue weighted by atomic mass is 9.81. The summed E-state index contributed by atoms with van der Waals surface area (Å²) in [5, 5.41) is 2.72. The second-order valence-corrected chi connectivity index (χ2v) is 7.29.